The number of nitrogens with one attached hydrogen (secondary N) is 2. The summed E-state index contributed by atoms with van der Waals surface area (Å²) in [5, 5.41) is 7.21. The normalized spacial score (nSPS) is 29.1. The van der Waals surface area contributed by atoms with Crippen LogP contribution in [0.25, 0.3) is 0 Å². The van der Waals surface area contributed by atoms with Gasteiger partial charge in [0.2, 0.25) is 0 Å². The lowest BCUT2D eigenvalue weighted by Crippen LogP contribution is -2.37. The molecule has 2 unspecified atom stereocenters. The minimum absolute atomic E-state index is 0.628. The van der Waals surface area contributed by atoms with E-state index in [0.717, 1.165) is 12.1 Å². The van der Waals surface area contributed by atoms with Crippen LogP contribution in [0.15, 0.2) is 0 Å². The van der Waals surface area contributed by atoms with Crippen molar-refractivity contribution in [3.8, 4) is 0 Å². The molecule has 0 amide bonds. The number of hydrogen-bond donors (Lipinski definition) is 2. The Balaban J connectivity index is 2.20. The third-order valence-corrected chi connectivity index (χ3v) is 2.57. The molecule has 2 atom stereocenters. The van der Waals surface area contributed by atoms with E-state index in [1.165, 1.54) is 19.3 Å². The molecule has 0 aromatic carbocycles. The third kappa shape index (κ3) is 4.10. The molecule has 0 aromatic rings. The van der Waals surface area contributed by atoms with E-state index in [9.17, 15) is 0 Å². The van der Waals surface area contributed by atoms with Gasteiger partial charge in [-0.1, -0.05) is 27.7 Å². The fraction of sp³-hybridized carbons (Fsp3) is 1.00. The largest absolute Gasteiger partial charge is 0.312 e. The van der Waals surface area contributed by atoms with E-state index < -0.39 is 0 Å². The second kappa shape index (κ2) is 4.97. The SMILES string of the molecule is CC(C)NC1CCC(NC(C)C)C1. The zero-order chi connectivity index (χ0) is 9.84. The zero-order valence-corrected chi connectivity index (χ0v) is 9.43. The average molecular weight is 184 g/mol. The first-order valence-corrected chi connectivity index (χ1v) is 5.60. The molecule has 2 nitrogen and oxygen atoms in total. The summed E-state index contributed by atoms with van der Waals surface area (Å²) in [6.07, 6.45) is 3.97. The summed E-state index contributed by atoms with van der Waals surface area (Å²) in [7, 11) is 0. The Labute approximate surface area is 82.5 Å². The molecule has 13 heavy (non-hydrogen) atoms. The molecule has 2 N–H and O–H groups in total. The highest BCUT2D eigenvalue weighted by molar-refractivity contribution is 4.86. The van der Waals surface area contributed by atoms with Gasteiger partial charge in [0.1, 0.15) is 0 Å². The van der Waals surface area contributed by atoms with Crippen LogP contribution >= 0.6 is 0 Å². The first-order chi connectivity index (χ1) is 6.08. The molecule has 1 aliphatic carbocycles. The first kappa shape index (κ1) is 11.0. The summed E-state index contributed by atoms with van der Waals surface area (Å²) in [4.78, 5) is 0. The lowest BCUT2D eigenvalue weighted by molar-refractivity contribution is 0.433. The third-order valence-electron chi connectivity index (χ3n) is 2.57. The molecule has 0 saturated heterocycles. The Morgan fingerprint density at radius 3 is 1.54 bits per heavy atom. The summed E-state index contributed by atoms with van der Waals surface area (Å²) in [6, 6.07) is 2.75. The Morgan fingerprint density at radius 1 is 0.846 bits per heavy atom. The molecular weight excluding hydrogens is 160 g/mol. The summed E-state index contributed by atoms with van der Waals surface area (Å²) in [5.74, 6) is 0. The topological polar surface area (TPSA) is 24.1 Å². The van der Waals surface area contributed by atoms with E-state index in [1.807, 2.05) is 0 Å². The molecule has 0 aromatic heterocycles. The van der Waals surface area contributed by atoms with Gasteiger partial charge in [-0.05, 0) is 19.3 Å². The molecule has 0 radical (unpaired) electrons. The van der Waals surface area contributed by atoms with Crippen molar-refractivity contribution in [3.05, 3.63) is 0 Å². The van der Waals surface area contributed by atoms with Crippen molar-refractivity contribution in [1.29, 1.82) is 0 Å². The van der Waals surface area contributed by atoms with Crippen LogP contribution in [0.4, 0.5) is 0 Å². The van der Waals surface area contributed by atoms with Gasteiger partial charge in [0.05, 0.1) is 0 Å². The molecule has 78 valence electrons. The van der Waals surface area contributed by atoms with E-state index in [0.29, 0.717) is 12.1 Å². The summed E-state index contributed by atoms with van der Waals surface area (Å²) < 4.78 is 0. The molecule has 0 spiro atoms. The summed E-state index contributed by atoms with van der Waals surface area (Å²) in [6.45, 7) is 8.90. The van der Waals surface area contributed by atoms with E-state index in [-0.39, 0.29) is 0 Å². The van der Waals surface area contributed by atoms with Crippen LogP contribution in [-0.2, 0) is 0 Å². The molecular formula is C11H24N2. The Hall–Kier alpha value is -0.0800. The Bertz CT molecular complexity index is 127. The van der Waals surface area contributed by atoms with E-state index in [4.69, 9.17) is 0 Å². The van der Waals surface area contributed by atoms with Gasteiger partial charge >= 0.3 is 0 Å². The van der Waals surface area contributed by atoms with Crippen molar-refractivity contribution in [2.75, 3.05) is 0 Å². The van der Waals surface area contributed by atoms with E-state index in [1.54, 1.807) is 0 Å². The summed E-state index contributed by atoms with van der Waals surface area (Å²) in [5.41, 5.74) is 0. The molecule has 0 aliphatic heterocycles. The molecule has 0 heterocycles. The van der Waals surface area contributed by atoms with Crippen molar-refractivity contribution in [3.63, 3.8) is 0 Å². The Kier molecular flexibility index (Phi) is 4.20. The van der Waals surface area contributed by atoms with Crippen molar-refractivity contribution in [2.45, 2.75) is 71.1 Å². The van der Waals surface area contributed by atoms with Crippen molar-refractivity contribution in [2.24, 2.45) is 0 Å². The van der Waals surface area contributed by atoms with Gasteiger partial charge in [-0.2, -0.15) is 0 Å². The maximum absolute atomic E-state index is 3.60. The highest BCUT2D eigenvalue weighted by atomic mass is 15.0. The van der Waals surface area contributed by atoms with Crippen molar-refractivity contribution < 1.29 is 0 Å². The van der Waals surface area contributed by atoms with Crippen molar-refractivity contribution >= 4 is 0 Å². The molecule has 2 heteroatoms. The smallest absolute Gasteiger partial charge is 0.00848 e. The van der Waals surface area contributed by atoms with Crippen LogP contribution in [0.5, 0.6) is 0 Å². The van der Waals surface area contributed by atoms with Gasteiger partial charge < -0.3 is 10.6 Å². The molecule has 0 bridgehead atoms. The first-order valence-electron chi connectivity index (χ1n) is 5.60. The minimum atomic E-state index is 0.628. The van der Waals surface area contributed by atoms with Crippen LogP contribution in [-0.4, -0.2) is 24.2 Å². The minimum Gasteiger partial charge on any atom is -0.312 e. The fourth-order valence-corrected chi connectivity index (χ4v) is 2.23. The van der Waals surface area contributed by atoms with Crippen LogP contribution in [0, 0.1) is 0 Å². The second-order valence-electron chi connectivity index (χ2n) is 4.85. The van der Waals surface area contributed by atoms with Gasteiger partial charge in [0.15, 0.2) is 0 Å². The van der Waals surface area contributed by atoms with Crippen LogP contribution < -0.4 is 10.6 Å². The molecule has 1 fully saturated rings. The maximum Gasteiger partial charge on any atom is 0.00848 e. The van der Waals surface area contributed by atoms with Crippen LogP contribution in [0.3, 0.4) is 0 Å². The average Bonchev–Trinajstić information content (AvgIpc) is 2.33. The lowest BCUT2D eigenvalue weighted by atomic mass is 10.2. The second-order valence-corrected chi connectivity index (χ2v) is 4.85. The van der Waals surface area contributed by atoms with Gasteiger partial charge in [-0.3, -0.25) is 0 Å². The highest BCUT2D eigenvalue weighted by Crippen LogP contribution is 2.19. The molecule has 1 aliphatic rings. The van der Waals surface area contributed by atoms with Gasteiger partial charge in [0, 0.05) is 24.2 Å². The maximum atomic E-state index is 3.60. The predicted octanol–water partition coefficient (Wildman–Crippen LogP) is 1.90. The number of hydrogen-bond acceptors (Lipinski definition) is 2. The molecule has 1 saturated carbocycles. The highest BCUT2D eigenvalue weighted by Gasteiger charge is 2.24. The van der Waals surface area contributed by atoms with Crippen LogP contribution in [0.1, 0.15) is 47.0 Å². The van der Waals surface area contributed by atoms with E-state index >= 15 is 0 Å². The Morgan fingerprint density at radius 2 is 1.23 bits per heavy atom. The predicted molar refractivity (Wildman–Crippen MR) is 58.0 cm³/mol. The monoisotopic (exact) mass is 184 g/mol. The number of rotatable bonds is 4. The van der Waals surface area contributed by atoms with Crippen LogP contribution in [0.2, 0.25) is 0 Å². The van der Waals surface area contributed by atoms with E-state index in [2.05, 4.69) is 38.3 Å². The van der Waals surface area contributed by atoms with Gasteiger partial charge in [-0.25, -0.2) is 0 Å². The quantitative estimate of drug-likeness (QED) is 0.697. The fourth-order valence-electron chi connectivity index (χ4n) is 2.23. The standard InChI is InChI=1S/C11H24N2/c1-8(2)12-10-5-6-11(7-10)13-9(3)4/h8-13H,5-7H2,1-4H3. The lowest BCUT2D eigenvalue weighted by Gasteiger charge is -2.18. The zero-order valence-electron chi connectivity index (χ0n) is 9.43. The molecule has 1 rings (SSSR count). The summed E-state index contributed by atoms with van der Waals surface area (Å²) >= 11 is 0. The van der Waals surface area contributed by atoms with Gasteiger partial charge in [-0.15, -0.1) is 0 Å². The van der Waals surface area contributed by atoms with Gasteiger partial charge in [0.25, 0.3) is 0 Å². The van der Waals surface area contributed by atoms with Crippen molar-refractivity contribution in [1.82, 2.24) is 10.6 Å².